The predicted molar refractivity (Wildman–Crippen MR) is 45.8 cm³/mol. The average Bonchev–Trinajstić information content (AvgIpc) is 2.40. The highest BCUT2D eigenvalue weighted by Crippen LogP contribution is 2.17. The Labute approximate surface area is 71.8 Å². The van der Waals surface area contributed by atoms with Gasteiger partial charge in [-0.2, -0.15) is 18.1 Å². The normalized spacial score (nSPS) is 22.3. The Kier molecular flexibility index (Phi) is 3.23. The summed E-state index contributed by atoms with van der Waals surface area (Å²) in [5.74, 6) is 0.801. The summed E-state index contributed by atoms with van der Waals surface area (Å²) in [6.07, 6.45) is 2.90. The topological polar surface area (TPSA) is 41.5 Å². The molecule has 3 nitrogen and oxygen atoms in total. The quantitative estimate of drug-likeness (QED) is 0.442. The Morgan fingerprint density at radius 3 is 2.91 bits per heavy atom. The van der Waals surface area contributed by atoms with Gasteiger partial charge in [0.15, 0.2) is 0 Å². The monoisotopic (exact) mass is 175 g/mol. The molecule has 2 atom stereocenters. The molecule has 0 saturated carbocycles. The highest BCUT2D eigenvalue weighted by Gasteiger charge is 2.21. The third kappa shape index (κ3) is 2.12. The van der Waals surface area contributed by atoms with Gasteiger partial charge in [-0.3, -0.25) is 0 Å². The Hall–Kier alpha value is -0.190. The standard InChI is InChI=1S/C7H13NO2S/c1-5(11)7(8-9)6-3-2-4-10-6/h3,5,7-9,11H,2,4H2,1H3. The zero-order chi connectivity index (χ0) is 8.27. The fraction of sp³-hybridized carbons (Fsp3) is 0.714. The summed E-state index contributed by atoms with van der Waals surface area (Å²) in [5, 5.41) is 8.78. The first kappa shape index (κ1) is 8.90. The van der Waals surface area contributed by atoms with Crippen molar-refractivity contribution in [1.29, 1.82) is 0 Å². The molecule has 0 aromatic heterocycles. The number of hydrogen-bond donors (Lipinski definition) is 3. The van der Waals surface area contributed by atoms with E-state index in [4.69, 9.17) is 9.94 Å². The van der Waals surface area contributed by atoms with E-state index in [0.29, 0.717) is 6.61 Å². The second-order valence-electron chi connectivity index (χ2n) is 2.59. The number of hydroxylamine groups is 1. The number of thiol groups is 1. The van der Waals surface area contributed by atoms with Crippen molar-refractivity contribution >= 4 is 12.6 Å². The molecule has 0 amide bonds. The van der Waals surface area contributed by atoms with Gasteiger partial charge in [0.05, 0.1) is 6.61 Å². The fourth-order valence-electron chi connectivity index (χ4n) is 1.06. The van der Waals surface area contributed by atoms with Gasteiger partial charge in [-0.1, -0.05) is 6.92 Å². The maximum atomic E-state index is 8.74. The Morgan fingerprint density at radius 2 is 2.55 bits per heavy atom. The van der Waals surface area contributed by atoms with E-state index in [1.54, 1.807) is 0 Å². The summed E-state index contributed by atoms with van der Waals surface area (Å²) < 4.78 is 5.26. The second-order valence-corrected chi connectivity index (χ2v) is 3.41. The van der Waals surface area contributed by atoms with E-state index < -0.39 is 0 Å². The molecule has 1 rings (SSSR count). The summed E-state index contributed by atoms with van der Waals surface area (Å²) in [6, 6.07) is -0.180. The first-order chi connectivity index (χ1) is 5.25. The van der Waals surface area contributed by atoms with Crippen molar-refractivity contribution in [1.82, 2.24) is 5.48 Å². The van der Waals surface area contributed by atoms with E-state index in [-0.39, 0.29) is 11.3 Å². The molecule has 11 heavy (non-hydrogen) atoms. The molecule has 64 valence electrons. The molecule has 0 fully saturated rings. The molecule has 0 saturated heterocycles. The first-order valence-electron chi connectivity index (χ1n) is 3.66. The fourth-order valence-corrected chi connectivity index (χ4v) is 1.28. The van der Waals surface area contributed by atoms with E-state index in [0.717, 1.165) is 12.2 Å². The SMILES string of the molecule is CC(S)C(NO)C1=CCCO1. The van der Waals surface area contributed by atoms with Crippen molar-refractivity contribution in [2.24, 2.45) is 0 Å². The third-order valence-corrected chi connectivity index (χ3v) is 1.96. The van der Waals surface area contributed by atoms with Gasteiger partial charge in [-0.05, 0) is 6.08 Å². The summed E-state index contributed by atoms with van der Waals surface area (Å²) in [5.41, 5.74) is 2.17. The van der Waals surface area contributed by atoms with Crippen LogP contribution in [0.4, 0.5) is 0 Å². The van der Waals surface area contributed by atoms with Crippen LogP contribution in [0.3, 0.4) is 0 Å². The van der Waals surface area contributed by atoms with Crippen molar-refractivity contribution in [3.8, 4) is 0 Å². The van der Waals surface area contributed by atoms with Crippen LogP contribution in [0.5, 0.6) is 0 Å². The molecular formula is C7H13NO2S. The lowest BCUT2D eigenvalue weighted by atomic mass is 10.2. The lowest BCUT2D eigenvalue weighted by Crippen LogP contribution is -2.35. The van der Waals surface area contributed by atoms with Gasteiger partial charge in [-0.25, -0.2) is 0 Å². The van der Waals surface area contributed by atoms with Gasteiger partial charge in [-0.15, -0.1) is 0 Å². The molecule has 0 aliphatic carbocycles. The smallest absolute Gasteiger partial charge is 0.112 e. The van der Waals surface area contributed by atoms with Gasteiger partial charge >= 0.3 is 0 Å². The predicted octanol–water partition coefficient (Wildman–Crippen LogP) is 0.956. The van der Waals surface area contributed by atoms with Gasteiger partial charge in [0, 0.05) is 11.7 Å². The van der Waals surface area contributed by atoms with Gasteiger partial charge in [0.2, 0.25) is 0 Å². The minimum Gasteiger partial charge on any atom is -0.496 e. The zero-order valence-electron chi connectivity index (χ0n) is 6.45. The summed E-state index contributed by atoms with van der Waals surface area (Å²) >= 11 is 4.20. The van der Waals surface area contributed by atoms with Crippen LogP contribution < -0.4 is 5.48 Å². The number of ether oxygens (including phenoxy) is 1. The molecule has 0 radical (unpaired) electrons. The highest BCUT2D eigenvalue weighted by molar-refractivity contribution is 7.81. The van der Waals surface area contributed by atoms with E-state index in [9.17, 15) is 0 Å². The van der Waals surface area contributed by atoms with Gasteiger partial charge < -0.3 is 9.94 Å². The van der Waals surface area contributed by atoms with Crippen LogP contribution in [0.2, 0.25) is 0 Å². The third-order valence-electron chi connectivity index (χ3n) is 1.66. The average molecular weight is 175 g/mol. The number of hydrogen-bond acceptors (Lipinski definition) is 4. The van der Waals surface area contributed by atoms with Crippen molar-refractivity contribution in [3.05, 3.63) is 11.8 Å². The maximum Gasteiger partial charge on any atom is 0.112 e. The van der Waals surface area contributed by atoms with Crippen LogP contribution >= 0.6 is 12.6 Å². The maximum absolute atomic E-state index is 8.74. The molecule has 2 N–H and O–H groups in total. The molecule has 0 aromatic rings. The van der Waals surface area contributed by atoms with Crippen LogP contribution in [0.15, 0.2) is 11.8 Å². The molecular weight excluding hydrogens is 162 g/mol. The largest absolute Gasteiger partial charge is 0.496 e. The molecule has 0 aromatic carbocycles. The van der Waals surface area contributed by atoms with Crippen LogP contribution in [0.1, 0.15) is 13.3 Å². The lowest BCUT2D eigenvalue weighted by Gasteiger charge is -2.18. The minimum absolute atomic E-state index is 0.0457. The summed E-state index contributed by atoms with van der Waals surface area (Å²) in [4.78, 5) is 0. The molecule has 1 heterocycles. The van der Waals surface area contributed by atoms with Gasteiger partial charge in [0.25, 0.3) is 0 Å². The molecule has 0 bridgehead atoms. The first-order valence-corrected chi connectivity index (χ1v) is 4.18. The zero-order valence-corrected chi connectivity index (χ0v) is 7.34. The van der Waals surface area contributed by atoms with Crippen molar-refractivity contribution in [2.75, 3.05) is 6.61 Å². The molecule has 4 heteroatoms. The Bertz CT molecular complexity index is 159. The van der Waals surface area contributed by atoms with Crippen molar-refractivity contribution in [2.45, 2.75) is 24.6 Å². The van der Waals surface area contributed by atoms with E-state index in [1.165, 1.54) is 0 Å². The molecule has 2 unspecified atom stereocenters. The number of rotatable bonds is 3. The van der Waals surface area contributed by atoms with Crippen molar-refractivity contribution < 1.29 is 9.94 Å². The van der Waals surface area contributed by atoms with Crippen LogP contribution in [-0.2, 0) is 4.74 Å². The number of nitrogens with one attached hydrogen (secondary N) is 1. The van der Waals surface area contributed by atoms with E-state index >= 15 is 0 Å². The molecule has 1 aliphatic rings. The molecule has 0 spiro atoms. The lowest BCUT2D eigenvalue weighted by molar-refractivity contribution is 0.105. The van der Waals surface area contributed by atoms with Crippen LogP contribution in [0, 0.1) is 0 Å². The van der Waals surface area contributed by atoms with E-state index in [1.807, 2.05) is 13.0 Å². The highest BCUT2D eigenvalue weighted by atomic mass is 32.1. The summed E-state index contributed by atoms with van der Waals surface area (Å²) in [6.45, 7) is 2.62. The van der Waals surface area contributed by atoms with E-state index in [2.05, 4.69) is 18.1 Å². The Morgan fingerprint density at radius 1 is 1.82 bits per heavy atom. The summed E-state index contributed by atoms with van der Waals surface area (Å²) in [7, 11) is 0. The van der Waals surface area contributed by atoms with Gasteiger partial charge in [0.1, 0.15) is 11.8 Å². The van der Waals surface area contributed by atoms with Crippen LogP contribution in [-0.4, -0.2) is 23.1 Å². The molecule has 1 aliphatic heterocycles. The van der Waals surface area contributed by atoms with Crippen LogP contribution in [0.25, 0.3) is 0 Å². The van der Waals surface area contributed by atoms with Crippen molar-refractivity contribution in [3.63, 3.8) is 0 Å². The second kappa shape index (κ2) is 3.99. The minimum atomic E-state index is -0.180. The Balaban J connectivity index is 2.53.